The van der Waals surface area contributed by atoms with Crippen molar-refractivity contribution in [2.75, 3.05) is 18.5 Å². The molecule has 36 heavy (non-hydrogen) atoms. The third kappa shape index (κ3) is 5.86. The number of aliphatic hydroxyl groups excluding tert-OH is 1. The van der Waals surface area contributed by atoms with Gasteiger partial charge in [0.15, 0.2) is 0 Å². The fraction of sp³-hybridized carbons (Fsp3) is 0.448. The molecule has 3 N–H and O–H groups in total. The third-order valence-corrected chi connectivity index (χ3v) is 7.29. The molecule has 1 saturated carbocycles. The van der Waals surface area contributed by atoms with Crippen LogP contribution in [0, 0.1) is 6.92 Å². The molecule has 3 atom stereocenters. The molecule has 0 spiro atoms. The molecule has 7 nitrogen and oxygen atoms in total. The zero-order valence-electron chi connectivity index (χ0n) is 20.8. The van der Waals surface area contributed by atoms with Gasteiger partial charge in [0.1, 0.15) is 12.4 Å². The van der Waals surface area contributed by atoms with Crippen LogP contribution in [0.15, 0.2) is 48.7 Å². The molecule has 2 fully saturated rings. The molecule has 1 aromatic heterocycles. The molecular weight excluding hydrogens is 454 g/mol. The fourth-order valence-electron chi connectivity index (χ4n) is 5.09. The predicted molar refractivity (Wildman–Crippen MR) is 140 cm³/mol. The highest BCUT2D eigenvalue weighted by Crippen LogP contribution is 2.26. The van der Waals surface area contributed by atoms with Crippen LogP contribution in [0.1, 0.15) is 60.0 Å². The summed E-state index contributed by atoms with van der Waals surface area (Å²) in [6.07, 6.45) is 8.02. The number of carbonyl (C=O) groups excluding carboxylic acids is 1. The Labute approximate surface area is 212 Å². The van der Waals surface area contributed by atoms with Gasteiger partial charge in [0.2, 0.25) is 0 Å². The number of fused-ring (bicyclic) bond motifs is 1. The van der Waals surface area contributed by atoms with E-state index in [1.165, 1.54) is 0 Å². The average Bonchev–Trinajstić information content (AvgIpc) is 3.43. The van der Waals surface area contributed by atoms with E-state index >= 15 is 0 Å². The molecule has 7 heteroatoms. The van der Waals surface area contributed by atoms with Crippen LogP contribution >= 0.6 is 0 Å². The number of aliphatic hydroxyl groups is 1. The molecule has 190 valence electrons. The van der Waals surface area contributed by atoms with Gasteiger partial charge in [-0.2, -0.15) is 0 Å². The lowest BCUT2D eigenvalue weighted by molar-refractivity contribution is 0.0679. The van der Waals surface area contributed by atoms with E-state index in [0.717, 1.165) is 78.6 Å². The van der Waals surface area contributed by atoms with Crippen LogP contribution in [0.2, 0.25) is 0 Å². The zero-order chi connectivity index (χ0) is 24.9. The van der Waals surface area contributed by atoms with Crippen molar-refractivity contribution < 1.29 is 19.4 Å². The van der Waals surface area contributed by atoms with Gasteiger partial charge in [0.25, 0.3) is 5.91 Å². The minimum absolute atomic E-state index is 0.149. The minimum atomic E-state index is -0.268. The first kappa shape index (κ1) is 24.7. The number of aromatic nitrogens is 1. The number of carbonyl (C=O) groups is 1. The van der Waals surface area contributed by atoms with E-state index in [0.29, 0.717) is 18.7 Å². The molecule has 1 unspecified atom stereocenters. The Balaban J connectivity index is 1.20. The van der Waals surface area contributed by atoms with Crippen LogP contribution in [0.25, 0.3) is 10.9 Å². The maximum atomic E-state index is 12.9. The summed E-state index contributed by atoms with van der Waals surface area (Å²) in [5, 5.41) is 17.7. The van der Waals surface area contributed by atoms with Crippen LogP contribution in [-0.4, -0.2) is 47.5 Å². The predicted octanol–water partition coefficient (Wildman–Crippen LogP) is 4.75. The number of nitrogens with zero attached hydrogens (tertiary/aromatic N) is 1. The van der Waals surface area contributed by atoms with Crippen molar-refractivity contribution in [2.24, 2.45) is 0 Å². The molecule has 3 aromatic rings. The van der Waals surface area contributed by atoms with Gasteiger partial charge in [0.05, 0.1) is 17.7 Å². The molecular formula is C29H35N3O4. The van der Waals surface area contributed by atoms with Gasteiger partial charge in [-0.15, -0.1) is 0 Å². The number of hydrogen-bond donors (Lipinski definition) is 3. The normalized spacial score (nSPS) is 22.0. The lowest BCUT2D eigenvalue weighted by Gasteiger charge is -2.28. The van der Waals surface area contributed by atoms with E-state index in [2.05, 4.69) is 21.7 Å². The largest absolute Gasteiger partial charge is 0.491 e. The summed E-state index contributed by atoms with van der Waals surface area (Å²) in [7, 11) is 0. The second-order valence-corrected chi connectivity index (χ2v) is 9.92. The Morgan fingerprint density at radius 3 is 2.72 bits per heavy atom. The first-order valence-electron chi connectivity index (χ1n) is 13.0. The molecule has 2 aliphatic rings. The number of hydrogen-bond acceptors (Lipinski definition) is 6. The smallest absolute Gasteiger partial charge is 0.255 e. The van der Waals surface area contributed by atoms with Gasteiger partial charge in [-0.1, -0.05) is 18.9 Å². The lowest BCUT2D eigenvalue weighted by atomic mass is 9.92. The van der Waals surface area contributed by atoms with E-state index in [1.807, 2.05) is 37.4 Å². The Morgan fingerprint density at radius 1 is 1.11 bits per heavy atom. The van der Waals surface area contributed by atoms with Gasteiger partial charge in [-0.05, 0) is 80.1 Å². The van der Waals surface area contributed by atoms with Crippen molar-refractivity contribution in [1.82, 2.24) is 10.3 Å². The Hall–Kier alpha value is -3.00. The number of amides is 1. The summed E-state index contributed by atoms with van der Waals surface area (Å²) in [6, 6.07) is 13.4. The van der Waals surface area contributed by atoms with Gasteiger partial charge in [-0.3, -0.25) is 9.78 Å². The number of ether oxygens (including phenoxy) is 2. The standard InChI is InChI=1S/C29H35N3O4/c1-19-25(32-29(34)21-8-11-23(12-9-21)36-18-24-5-4-14-35-24)13-10-22-15-20(17-31-28(19)22)16-30-26-6-2-3-7-27(26)33/h8-13,15,17,24,26-27,30,33H,2-7,14,16,18H2,1H3,(H,32,34)/t24?,26-,27-/m0/s1. The molecule has 1 amide bonds. The Morgan fingerprint density at radius 2 is 1.94 bits per heavy atom. The summed E-state index contributed by atoms with van der Waals surface area (Å²) < 4.78 is 11.4. The van der Waals surface area contributed by atoms with Crippen molar-refractivity contribution >= 4 is 22.5 Å². The van der Waals surface area contributed by atoms with Crippen molar-refractivity contribution in [3.63, 3.8) is 0 Å². The first-order valence-corrected chi connectivity index (χ1v) is 13.0. The molecule has 0 radical (unpaired) electrons. The fourth-order valence-corrected chi connectivity index (χ4v) is 5.09. The quantitative estimate of drug-likeness (QED) is 0.423. The van der Waals surface area contributed by atoms with Gasteiger partial charge in [-0.25, -0.2) is 0 Å². The van der Waals surface area contributed by atoms with Crippen LogP contribution < -0.4 is 15.4 Å². The van der Waals surface area contributed by atoms with Crippen LogP contribution in [0.4, 0.5) is 5.69 Å². The van der Waals surface area contributed by atoms with Crippen molar-refractivity contribution in [2.45, 2.75) is 70.2 Å². The summed E-state index contributed by atoms with van der Waals surface area (Å²) in [6.45, 7) is 3.99. The second-order valence-electron chi connectivity index (χ2n) is 9.92. The Kier molecular flexibility index (Phi) is 7.80. The summed E-state index contributed by atoms with van der Waals surface area (Å²) in [4.78, 5) is 17.6. The van der Waals surface area contributed by atoms with E-state index in [4.69, 9.17) is 9.47 Å². The topological polar surface area (TPSA) is 92.7 Å². The zero-order valence-corrected chi connectivity index (χ0v) is 20.8. The number of anilines is 1. The molecule has 5 rings (SSSR count). The highest BCUT2D eigenvalue weighted by Gasteiger charge is 2.22. The van der Waals surface area contributed by atoms with Crippen molar-refractivity contribution in [3.05, 3.63) is 65.4 Å². The van der Waals surface area contributed by atoms with Crippen molar-refractivity contribution in [1.29, 1.82) is 0 Å². The summed E-state index contributed by atoms with van der Waals surface area (Å²) in [5.74, 6) is 0.561. The maximum Gasteiger partial charge on any atom is 0.255 e. The molecule has 2 aromatic carbocycles. The van der Waals surface area contributed by atoms with E-state index < -0.39 is 0 Å². The maximum absolute atomic E-state index is 12.9. The third-order valence-electron chi connectivity index (χ3n) is 7.29. The van der Waals surface area contributed by atoms with Gasteiger partial charge >= 0.3 is 0 Å². The minimum Gasteiger partial charge on any atom is -0.491 e. The van der Waals surface area contributed by atoms with E-state index in [-0.39, 0.29) is 24.2 Å². The summed E-state index contributed by atoms with van der Waals surface area (Å²) >= 11 is 0. The number of nitrogens with one attached hydrogen (secondary N) is 2. The van der Waals surface area contributed by atoms with E-state index in [9.17, 15) is 9.90 Å². The Bertz CT molecular complexity index is 1190. The monoisotopic (exact) mass is 489 g/mol. The lowest BCUT2D eigenvalue weighted by Crippen LogP contribution is -2.41. The number of aryl methyl sites for hydroxylation is 1. The molecule has 1 saturated heterocycles. The van der Waals surface area contributed by atoms with Crippen LogP contribution in [0.3, 0.4) is 0 Å². The van der Waals surface area contributed by atoms with Gasteiger partial charge in [0, 0.05) is 42.0 Å². The van der Waals surface area contributed by atoms with Crippen molar-refractivity contribution in [3.8, 4) is 5.75 Å². The van der Waals surface area contributed by atoms with Crippen LogP contribution in [-0.2, 0) is 11.3 Å². The van der Waals surface area contributed by atoms with E-state index in [1.54, 1.807) is 12.1 Å². The molecule has 0 bridgehead atoms. The highest BCUT2D eigenvalue weighted by atomic mass is 16.5. The molecule has 1 aliphatic heterocycles. The highest BCUT2D eigenvalue weighted by molar-refractivity contribution is 6.06. The van der Waals surface area contributed by atoms with Gasteiger partial charge < -0.3 is 25.2 Å². The van der Waals surface area contributed by atoms with Crippen LogP contribution in [0.5, 0.6) is 5.75 Å². The molecule has 2 heterocycles. The summed E-state index contributed by atoms with van der Waals surface area (Å²) in [5.41, 5.74) is 4.19. The molecule has 1 aliphatic carbocycles. The first-order chi connectivity index (χ1) is 17.6. The second kappa shape index (κ2) is 11.4. The number of pyridine rings is 1. The SMILES string of the molecule is Cc1c(NC(=O)c2ccc(OCC3CCCO3)cc2)ccc2cc(CN[C@H]3CCCC[C@@H]3O)cnc12. The average molecular weight is 490 g/mol. The number of rotatable bonds is 8. The number of benzene rings is 2.